The Morgan fingerprint density at radius 3 is 2.37 bits per heavy atom. The predicted molar refractivity (Wildman–Crippen MR) is 82.2 cm³/mol. The Hall–Kier alpha value is -0.630. The van der Waals surface area contributed by atoms with Crippen LogP contribution in [0.25, 0.3) is 0 Å². The summed E-state index contributed by atoms with van der Waals surface area (Å²) in [6.07, 6.45) is 3.17. The third-order valence-corrected chi connectivity index (χ3v) is 3.83. The molecule has 0 bridgehead atoms. The minimum absolute atomic E-state index is 0.369. The molecule has 1 N–H and O–H groups in total. The Kier molecular flexibility index (Phi) is 8.99. The van der Waals surface area contributed by atoms with Gasteiger partial charge >= 0.3 is 0 Å². The highest BCUT2D eigenvalue weighted by molar-refractivity contribution is 5.02. The largest absolute Gasteiger partial charge is 0.308 e. The molecule has 0 rings (SSSR count). The lowest BCUT2D eigenvalue weighted by Gasteiger charge is -2.30. The van der Waals surface area contributed by atoms with E-state index in [0.29, 0.717) is 6.04 Å². The van der Waals surface area contributed by atoms with Gasteiger partial charge in [0.1, 0.15) is 5.54 Å². The minimum Gasteiger partial charge on any atom is -0.308 e. The van der Waals surface area contributed by atoms with Crippen LogP contribution in [0.1, 0.15) is 40.0 Å². The zero-order valence-electron chi connectivity index (χ0n) is 13.7. The summed E-state index contributed by atoms with van der Waals surface area (Å²) in [5.41, 5.74) is -0.369. The maximum atomic E-state index is 9.10. The SMILES string of the molecule is CCN(CCCCC(C)(C#N)NC)C(C)CN(C)C. The molecule has 0 aliphatic carbocycles. The van der Waals surface area contributed by atoms with Crippen molar-refractivity contribution in [3.63, 3.8) is 0 Å². The monoisotopic (exact) mass is 268 g/mol. The van der Waals surface area contributed by atoms with Gasteiger partial charge in [0.2, 0.25) is 0 Å². The molecule has 0 fully saturated rings. The Morgan fingerprint density at radius 1 is 1.32 bits per heavy atom. The fraction of sp³-hybridized carbons (Fsp3) is 0.933. The first-order valence-electron chi connectivity index (χ1n) is 7.37. The zero-order valence-corrected chi connectivity index (χ0v) is 13.7. The first kappa shape index (κ1) is 18.4. The molecular formula is C15H32N4. The maximum Gasteiger partial charge on any atom is 0.103 e. The molecular weight excluding hydrogens is 236 g/mol. The van der Waals surface area contributed by atoms with E-state index >= 15 is 0 Å². The van der Waals surface area contributed by atoms with Crippen LogP contribution in [0.3, 0.4) is 0 Å². The number of unbranched alkanes of at least 4 members (excludes halogenated alkanes) is 1. The van der Waals surface area contributed by atoms with Crippen LogP contribution in [0.5, 0.6) is 0 Å². The highest BCUT2D eigenvalue weighted by atomic mass is 15.2. The second-order valence-corrected chi connectivity index (χ2v) is 5.89. The summed E-state index contributed by atoms with van der Waals surface area (Å²) in [5.74, 6) is 0. The van der Waals surface area contributed by atoms with Gasteiger partial charge in [-0.1, -0.05) is 6.92 Å². The topological polar surface area (TPSA) is 42.3 Å². The van der Waals surface area contributed by atoms with Crippen LogP contribution in [0.15, 0.2) is 0 Å². The molecule has 4 nitrogen and oxygen atoms in total. The molecule has 0 amide bonds. The normalized spacial score (nSPS) is 16.4. The summed E-state index contributed by atoms with van der Waals surface area (Å²) in [5, 5.41) is 12.2. The highest BCUT2D eigenvalue weighted by Gasteiger charge is 2.20. The Bertz CT molecular complexity index is 272. The van der Waals surface area contributed by atoms with Gasteiger partial charge in [-0.2, -0.15) is 5.26 Å². The van der Waals surface area contributed by atoms with Gasteiger partial charge in [0.15, 0.2) is 0 Å². The van der Waals surface area contributed by atoms with Crippen molar-refractivity contribution in [2.45, 2.75) is 51.6 Å². The second kappa shape index (κ2) is 9.30. The van der Waals surface area contributed by atoms with E-state index in [1.54, 1.807) is 0 Å². The van der Waals surface area contributed by atoms with Crippen molar-refractivity contribution in [3.8, 4) is 6.07 Å². The standard InChI is InChI=1S/C15H32N4/c1-7-19(14(2)12-18(5)6)11-9-8-10-15(3,13-16)17-4/h14,17H,7-12H2,1-6H3. The number of hydrogen-bond donors (Lipinski definition) is 1. The van der Waals surface area contributed by atoms with E-state index in [9.17, 15) is 0 Å². The summed E-state index contributed by atoms with van der Waals surface area (Å²) in [7, 11) is 6.10. The van der Waals surface area contributed by atoms with Crippen molar-refractivity contribution >= 4 is 0 Å². The first-order valence-corrected chi connectivity index (χ1v) is 7.37. The molecule has 2 unspecified atom stereocenters. The van der Waals surface area contributed by atoms with Crippen LogP contribution in [-0.2, 0) is 0 Å². The molecule has 0 aromatic heterocycles. The van der Waals surface area contributed by atoms with Gasteiger partial charge in [-0.15, -0.1) is 0 Å². The number of rotatable bonds is 10. The van der Waals surface area contributed by atoms with Gasteiger partial charge in [-0.3, -0.25) is 4.90 Å². The minimum atomic E-state index is -0.369. The molecule has 0 saturated carbocycles. The van der Waals surface area contributed by atoms with Crippen molar-refractivity contribution in [3.05, 3.63) is 0 Å². The fourth-order valence-electron chi connectivity index (χ4n) is 2.36. The third-order valence-electron chi connectivity index (χ3n) is 3.83. The van der Waals surface area contributed by atoms with Crippen LogP contribution < -0.4 is 5.32 Å². The van der Waals surface area contributed by atoms with Crippen LogP contribution >= 0.6 is 0 Å². The molecule has 0 aromatic carbocycles. The first-order chi connectivity index (χ1) is 8.88. The van der Waals surface area contributed by atoms with E-state index in [0.717, 1.165) is 38.9 Å². The summed E-state index contributed by atoms with van der Waals surface area (Å²) in [4.78, 5) is 4.75. The number of nitriles is 1. The molecule has 0 spiro atoms. The van der Waals surface area contributed by atoms with Crippen molar-refractivity contribution in [2.24, 2.45) is 0 Å². The number of hydrogen-bond acceptors (Lipinski definition) is 4. The van der Waals surface area contributed by atoms with E-state index in [4.69, 9.17) is 5.26 Å². The van der Waals surface area contributed by atoms with Gasteiger partial charge in [0.05, 0.1) is 6.07 Å². The van der Waals surface area contributed by atoms with Crippen molar-refractivity contribution < 1.29 is 0 Å². The molecule has 0 saturated heterocycles. The Balaban J connectivity index is 4.00. The highest BCUT2D eigenvalue weighted by Crippen LogP contribution is 2.13. The summed E-state index contributed by atoms with van der Waals surface area (Å²) in [6, 6.07) is 2.94. The molecule has 2 atom stereocenters. The van der Waals surface area contributed by atoms with Crippen molar-refractivity contribution in [1.82, 2.24) is 15.1 Å². The third kappa shape index (κ3) is 7.51. The Labute approximate surface area is 119 Å². The number of nitrogens with one attached hydrogen (secondary N) is 1. The van der Waals surface area contributed by atoms with Gasteiger partial charge in [-0.05, 0) is 67.3 Å². The molecule has 19 heavy (non-hydrogen) atoms. The zero-order chi connectivity index (χ0) is 14.9. The average molecular weight is 268 g/mol. The molecule has 112 valence electrons. The van der Waals surface area contributed by atoms with Crippen LogP contribution in [0.4, 0.5) is 0 Å². The van der Waals surface area contributed by atoms with Crippen molar-refractivity contribution in [2.75, 3.05) is 40.8 Å². The lowest BCUT2D eigenvalue weighted by Crippen LogP contribution is -2.41. The quantitative estimate of drug-likeness (QED) is 0.615. The molecule has 0 heterocycles. The van der Waals surface area contributed by atoms with Gasteiger partial charge in [0.25, 0.3) is 0 Å². The summed E-state index contributed by atoms with van der Waals surface area (Å²) >= 11 is 0. The predicted octanol–water partition coefficient (Wildman–Crippen LogP) is 1.93. The van der Waals surface area contributed by atoms with Crippen molar-refractivity contribution in [1.29, 1.82) is 5.26 Å². The van der Waals surface area contributed by atoms with Crippen LogP contribution in [-0.4, -0.2) is 62.2 Å². The lowest BCUT2D eigenvalue weighted by atomic mass is 9.97. The van der Waals surface area contributed by atoms with Crippen LogP contribution in [0.2, 0.25) is 0 Å². The molecule has 0 aliphatic rings. The summed E-state index contributed by atoms with van der Waals surface area (Å²) in [6.45, 7) is 9.79. The average Bonchev–Trinajstić information content (AvgIpc) is 2.37. The van der Waals surface area contributed by atoms with E-state index in [1.807, 2.05) is 14.0 Å². The van der Waals surface area contributed by atoms with Crippen LogP contribution in [0, 0.1) is 11.3 Å². The van der Waals surface area contributed by atoms with E-state index in [1.165, 1.54) is 0 Å². The molecule has 0 radical (unpaired) electrons. The van der Waals surface area contributed by atoms with Gasteiger partial charge < -0.3 is 10.2 Å². The lowest BCUT2D eigenvalue weighted by molar-refractivity contribution is 0.177. The Morgan fingerprint density at radius 2 is 1.95 bits per heavy atom. The fourth-order valence-corrected chi connectivity index (χ4v) is 2.36. The summed E-state index contributed by atoms with van der Waals surface area (Å²) < 4.78 is 0. The maximum absolute atomic E-state index is 9.10. The van der Waals surface area contributed by atoms with Gasteiger partial charge in [-0.25, -0.2) is 0 Å². The number of likely N-dealkylation sites (N-methyl/N-ethyl adjacent to an activating group) is 2. The second-order valence-electron chi connectivity index (χ2n) is 5.89. The smallest absolute Gasteiger partial charge is 0.103 e. The van der Waals surface area contributed by atoms with Gasteiger partial charge in [0, 0.05) is 12.6 Å². The van der Waals surface area contributed by atoms with E-state index in [2.05, 4.69) is 49.1 Å². The molecule has 4 heteroatoms. The van der Waals surface area contributed by atoms with E-state index in [-0.39, 0.29) is 5.54 Å². The molecule has 0 aliphatic heterocycles. The van der Waals surface area contributed by atoms with E-state index < -0.39 is 0 Å². The number of nitrogens with zero attached hydrogens (tertiary/aromatic N) is 3. The molecule has 0 aromatic rings.